The molecular weight excluding hydrogens is 334 g/mol. The molecule has 0 fully saturated rings. The number of hydrogen-bond donors (Lipinski definition) is 1. The topological polar surface area (TPSA) is 94.4 Å². The number of halogens is 1. The lowest BCUT2D eigenvalue weighted by Crippen LogP contribution is -2.30. The smallest absolute Gasteiger partial charge is 0.406 e. The van der Waals surface area contributed by atoms with Crippen LogP contribution in [-0.4, -0.2) is 21.9 Å². The minimum Gasteiger partial charge on any atom is -0.473 e. The van der Waals surface area contributed by atoms with E-state index < -0.39 is 22.8 Å². The summed E-state index contributed by atoms with van der Waals surface area (Å²) in [6.45, 7) is 4.96. The van der Waals surface area contributed by atoms with Crippen LogP contribution in [0.3, 0.4) is 0 Å². The number of pyridine rings is 1. The van der Waals surface area contributed by atoms with Gasteiger partial charge in [-0.2, -0.15) is 0 Å². The Kier molecular flexibility index (Phi) is 5.35. The first-order chi connectivity index (χ1) is 11.3. The number of hydrogen-bond acceptors (Lipinski definition) is 5. The van der Waals surface area contributed by atoms with Gasteiger partial charge in [0.2, 0.25) is 5.75 Å². The maximum absolute atomic E-state index is 12.3. The summed E-state index contributed by atoms with van der Waals surface area (Å²) in [5.41, 5.74) is 1.88. The third kappa shape index (κ3) is 4.20. The van der Waals surface area contributed by atoms with Crippen LogP contribution >= 0.6 is 11.6 Å². The molecule has 8 heteroatoms. The van der Waals surface area contributed by atoms with Crippen molar-refractivity contribution in [3.8, 4) is 5.75 Å². The van der Waals surface area contributed by atoms with Crippen molar-refractivity contribution in [3.05, 3.63) is 56.7 Å². The second-order valence-electron chi connectivity index (χ2n) is 5.24. The molecule has 126 valence electrons. The van der Waals surface area contributed by atoms with Crippen molar-refractivity contribution in [2.45, 2.75) is 26.9 Å². The fourth-order valence-electron chi connectivity index (χ4n) is 1.96. The molecule has 24 heavy (non-hydrogen) atoms. The standard InChI is InChI=1S/C16H16ClN3O4/c1-9-4-6-12(17)8-13(9)19-16(21)11(3)24-14-7-5-10(2)18-15(14)20(22)23/h4-8,11H,1-3H3,(H,19,21)/t11-/m1/s1. The lowest BCUT2D eigenvalue weighted by molar-refractivity contribution is -0.390. The van der Waals surface area contributed by atoms with Gasteiger partial charge in [0.15, 0.2) is 6.10 Å². The van der Waals surface area contributed by atoms with Crippen LogP contribution in [-0.2, 0) is 4.79 Å². The van der Waals surface area contributed by atoms with Crippen molar-refractivity contribution < 1.29 is 14.5 Å². The zero-order valence-electron chi connectivity index (χ0n) is 13.4. The first kappa shape index (κ1) is 17.7. The Hall–Kier alpha value is -2.67. The van der Waals surface area contributed by atoms with Crippen molar-refractivity contribution in [1.82, 2.24) is 4.98 Å². The number of aryl methyl sites for hydroxylation is 2. The highest BCUT2D eigenvalue weighted by Crippen LogP contribution is 2.26. The highest BCUT2D eigenvalue weighted by atomic mass is 35.5. The van der Waals surface area contributed by atoms with Crippen LogP contribution in [0.15, 0.2) is 30.3 Å². The van der Waals surface area contributed by atoms with E-state index in [9.17, 15) is 14.9 Å². The van der Waals surface area contributed by atoms with E-state index >= 15 is 0 Å². The minimum atomic E-state index is -0.952. The monoisotopic (exact) mass is 349 g/mol. The van der Waals surface area contributed by atoms with Crippen molar-refractivity contribution in [1.29, 1.82) is 0 Å². The van der Waals surface area contributed by atoms with E-state index in [4.69, 9.17) is 16.3 Å². The summed E-state index contributed by atoms with van der Waals surface area (Å²) in [6.07, 6.45) is -0.952. The molecule has 0 bridgehead atoms. The van der Waals surface area contributed by atoms with E-state index in [0.29, 0.717) is 16.4 Å². The van der Waals surface area contributed by atoms with Gasteiger partial charge in [-0.15, -0.1) is 0 Å². The fraction of sp³-hybridized carbons (Fsp3) is 0.250. The Labute approximate surface area is 143 Å². The molecule has 1 heterocycles. The van der Waals surface area contributed by atoms with Gasteiger partial charge in [-0.25, -0.2) is 0 Å². The SMILES string of the molecule is Cc1ccc(O[C@H](C)C(=O)Nc2cc(Cl)ccc2C)c([N+](=O)[O-])n1. The Morgan fingerprint density at radius 2 is 2.04 bits per heavy atom. The molecule has 2 aromatic rings. The summed E-state index contributed by atoms with van der Waals surface area (Å²) in [7, 11) is 0. The van der Waals surface area contributed by atoms with E-state index in [0.717, 1.165) is 5.56 Å². The van der Waals surface area contributed by atoms with Crippen LogP contribution < -0.4 is 10.1 Å². The molecule has 1 aromatic carbocycles. The summed E-state index contributed by atoms with van der Waals surface area (Å²) in [5, 5.41) is 14.2. The van der Waals surface area contributed by atoms with Gasteiger partial charge in [0.25, 0.3) is 5.91 Å². The summed E-state index contributed by atoms with van der Waals surface area (Å²) in [6, 6.07) is 8.12. The number of rotatable bonds is 5. The molecule has 0 aliphatic rings. The summed E-state index contributed by atoms with van der Waals surface area (Å²) in [5.74, 6) is -0.931. The number of nitrogens with one attached hydrogen (secondary N) is 1. The molecule has 0 saturated heterocycles. The van der Waals surface area contributed by atoms with Crippen molar-refractivity contribution in [3.63, 3.8) is 0 Å². The van der Waals surface area contributed by atoms with Crippen molar-refractivity contribution >= 4 is 29.0 Å². The first-order valence-corrected chi connectivity index (χ1v) is 7.51. The van der Waals surface area contributed by atoms with Gasteiger partial charge in [0, 0.05) is 17.6 Å². The average Bonchev–Trinajstić information content (AvgIpc) is 2.52. The third-order valence-electron chi connectivity index (χ3n) is 3.28. The second-order valence-corrected chi connectivity index (χ2v) is 5.68. The number of anilines is 1. The van der Waals surface area contributed by atoms with Crippen LogP contribution in [0.1, 0.15) is 18.2 Å². The normalized spacial score (nSPS) is 11.7. The number of nitrogens with zero attached hydrogens (tertiary/aromatic N) is 2. The highest BCUT2D eigenvalue weighted by Gasteiger charge is 2.23. The molecule has 2 rings (SSSR count). The molecular formula is C16H16ClN3O4. The number of ether oxygens (including phenoxy) is 1. The third-order valence-corrected chi connectivity index (χ3v) is 3.52. The Bertz CT molecular complexity index is 795. The van der Waals surface area contributed by atoms with Gasteiger partial charge in [0.1, 0.15) is 5.69 Å². The van der Waals surface area contributed by atoms with Crippen LogP contribution in [0, 0.1) is 24.0 Å². The molecule has 1 atom stereocenters. The lowest BCUT2D eigenvalue weighted by Gasteiger charge is -2.15. The number of nitro groups is 1. The number of carbonyl (C=O) groups is 1. The summed E-state index contributed by atoms with van der Waals surface area (Å²) < 4.78 is 5.42. The maximum atomic E-state index is 12.3. The predicted octanol–water partition coefficient (Wildman–Crippen LogP) is 3.67. The maximum Gasteiger partial charge on any atom is 0.406 e. The summed E-state index contributed by atoms with van der Waals surface area (Å²) in [4.78, 5) is 26.5. The molecule has 0 saturated carbocycles. The molecule has 0 unspecified atom stereocenters. The minimum absolute atomic E-state index is 0.0592. The number of benzene rings is 1. The Morgan fingerprint density at radius 1 is 1.33 bits per heavy atom. The van der Waals surface area contributed by atoms with Gasteiger partial charge in [-0.05, 0) is 53.6 Å². The largest absolute Gasteiger partial charge is 0.473 e. The number of carbonyl (C=O) groups excluding carboxylic acids is 1. The lowest BCUT2D eigenvalue weighted by atomic mass is 10.2. The molecule has 1 N–H and O–H groups in total. The molecule has 0 spiro atoms. The van der Waals surface area contributed by atoms with Gasteiger partial charge >= 0.3 is 5.82 Å². The van der Waals surface area contributed by atoms with Gasteiger partial charge in [0.05, 0.1) is 0 Å². The fourth-order valence-corrected chi connectivity index (χ4v) is 2.13. The van der Waals surface area contributed by atoms with Crippen LogP contribution in [0.5, 0.6) is 5.75 Å². The predicted molar refractivity (Wildman–Crippen MR) is 90.5 cm³/mol. The van der Waals surface area contributed by atoms with Crippen LogP contribution in [0.2, 0.25) is 5.02 Å². The molecule has 7 nitrogen and oxygen atoms in total. The van der Waals surface area contributed by atoms with Crippen LogP contribution in [0.25, 0.3) is 0 Å². The molecule has 0 radical (unpaired) electrons. The molecule has 1 amide bonds. The summed E-state index contributed by atoms with van der Waals surface area (Å²) >= 11 is 5.91. The second kappa shape index (κ2) is 7.27. The van der Waals surface area contributed by atoms with Gasteiger partial charge < -0.3 is 20.2 Å². The molecule has 0 aliphatic carbocycles. The van der Waals surface area contributed by atoms with Crippen molar-refractivity contribution in [2.24, 2.45) is 0 Å². The average molecular weight is 350 g/mol. The molecule has 0 aliphatic heterocycles. The zero-order valence-corrected chi connectivity index (χ0v) is 14.1. The van der Waals surface area contributed by atoms with E-state index in [2.05, 4.69) is 10.3 Å². The number of amides is 1. The Balaban J connectivity index is 2.15. The van der Waals surface area contributed by atoms with Crippen molar-refractivity contribution in [2.75, 3.05) is 5.32 Å². The zero-order chi connectivity index (χ0) is 17.9. The first-order valence-electron chi connectivity index (χ1n) is 7.13. The van der Waals surface area contributed by atoms with E-state index in [1.54, 1.807) is 31.2 Å². The van der Waals surface area contributed by atoms with E-state index in [1.807, 2.05) is 6.92 Å². The van der Waals surface area contributed by atoms with Crippen LogP contribution in [0.4, 0.5) is 11.5 Å². The van der Waals surface area contributed by atoms with E-state index in [1.165, 1.54) is 13.0 Å². The Morgan fingerprint density at radius 3 is 2.71 bits per heavy atom. The highest BCUT2D eigenvalue weighted by molar-refractivity contribution is 6.31. The van der Waals surface area contributed by atoms with E-state index in [-0.39, 0.29) is 5.75 Å². The quantitative estimate of drug-likeness (QED) is 0.656. The van der Waals surface area contributed by atoms with Gasteiger partial charge in [-0.3, -0.25) is 4.79 Å². The number of aromatic nitrogens is 1. The van der Waals surface area contributed by atoms with Gasteiger partial charge in [-0.1, -0.05) is 17.7 Å². The molecule has 1 aromatic heterocycles.